The Morgan fingerprint density at radius 1 is 1.18 bits per heavy atom. The van der Waals surface area contributed by atoms with Crippen LogP contribution in [0.4, 0.5) is 15.8 Å². The number of nitrogens with one attached hydrogen (secondary N) is 1. The maximum absolute atomic E-state index is 13.5. The minimum absolute atomic E-state index is 0.240. The quantitative estimate of drug-likeness (QED) is 0.829. The highest BCUT2D eigenvalue weighted by Crippen LogP contribution is 2.35. The van der Waals surface area contributed by atoms with Crippen LogP contribution in [0.3, 0.4) is 0 Å². The van der Waals surface area contributed by atoms with Gasteiger partial charge in [0.05, 0.1) is 11.4 Å². The van der Waals surface area contributed by atoms with Crippen LogP contribution in [-0.2, 0) is 0 Å². The van der Waals surface area contributed by atoms with Crippen molar-refractivity contribution in [3.8, 4) is 0 Å². The summed E-state index contributed by atoms with van der Waals surface area (Å²) in [7, 11) is 0. The molecule has 1 saturated carbocycles. The van der Waals surface area contributed by atoms with Gasteiger partial charge in [-0.1, -0.05) is 25.3 Å². The van der Waals surface area contributed by atoms with Gasteiger partial charge < -0.3 is 11.1 Å². The first-order valence-electron chi connectivity index (χ1n) is 8.64. The molecule has 4 heteroatoms. The number of piperidine rings is 1. The van der Waals surface area contributed by atoms with Crippen molar-refractivity contribution in [1.29, 1.82) is 0 Å². The minimum atomic E-state index is -0.336. The average Bonchev–Trinajstić information content (AvgIpc) is 2.53. The summed E-state index contributed by atoms with van der Waals surface area (Å²) in [5.41, 5.74) is 7.20. The Bertz CT molecular complexity index is 503. The molecule has 1 saturated heterocycles. The molecule has 1 aromatic rings. The van der Waals surface area contributed by atoms with E-state index in [0.717, 1.165) is 31.6 Å². The third-order valence-electron chi connectivity index (χ3n) is 5.60. The van der Waals surface area contributed by atoms with Crippen molar-refractivity contribution < 1.29 is 4.39 Å². The van der Waals surface area contributed by atoms with Gasteiger partial charge in [-0.2, -0.15) is 0 Å². The topological polar surface area (TPSA) is 41.3 Å². The lowest BCUT2D eigenvalue weighted by molar-refractivity contribution is 0.0458. The van der Waals surface area contributed by atoms with Gasteiger partial charge in [0.2, 0.25) is 0 Å². The highest BCUT2D eigenvalue weighted by Gasteiger charge is 2.35. The van der Waals surface area contributed by atoms with Crippen LogP contribution in [0.1, 0.15) is 51.9 Å². The van der Waals surface area contributed by atoms with Crippen LogP contribution in [0.15, 0.2) is 18.2 Å². The van der Waals surface area contributed by atoms with Crippen LogP contribution >= 0.6 is 0 Å². The van der Waals surface area contributed by atoms with Crippen molar-refractivity contribution in [3.05, 3.63) is 24.0 Å². The monoisotopic (exact) mass is 305 g/mol. The smallest absolute Gasteiger partial charge is 0.148 e. The van der Waals surface area contributed by atoms with Gasteiger partial charge in [0.25, 0.3) is 0 Å². The number of nitrogens with zero attached hydrogens (tertiary/aromatic N) is 1. The zero-order chi connectivity index (χ0) is 15.6. The molecule has 0 atom stereocenters. The summed E-state index contributed by atoms with van der Waals surface area (Å²) in [6, 6.07) is 5.39. The molecule has 1 aromatic carbocycles. The molecule has 1 aliphatic heterocycles. The fourth-order valence-corrected chi connectivity index (χ4v) is 4.08. The van der Waals surface area contributed by atoms with Gasteiger partial charge in [-0.25, -0.2) is 4.39 Å². The number of halogens is 1. The van der Waals surface area contributed by atoms with E-state index in [0.29, 0.717) is 11.6 Å². The lowest BCUT2D eigenvalue weighted by Crippen LogP contribution is -2.52. The molecule has 0 bridgehead atoms. The molecule has 2 aliphatic rings. The van der Waals surface area contributed by atoms with Crippen LogP contribution in [0, 0.1) is 5.82 Å². The summed E-state index contributed by atoms with van der Waals surface area (Å²) in [5, 5.41) is 3.43. The first kappa shape index (κ1) is 15.6. The van der Waals surface area contributed by atoms with Crippen molar-refractivity contribution >= 4 is 11.4 Å². The Morgan fingerprint density at radius 2 is 1.86 bits per heavy atom. The molecule has 122 valence electrons. The van der Waals surface area contributed by atoms with E-state index in [1.807, 2.05) is 6.07 Å². The van der Waals surface area contributed by atoms with Crippen LogP contribution in [0.2, 0.25) is 0 Å². The number of nitrogens with two attached hydrogens (primary N) is 1. The molecular formula is C18H28FN3. The summed E-state index contributed by atoms with van der Waals surface area (Å²) >= 11 is 0. The third kappa shape index (κ3) is 3.22. The highest BCUT2D eigenvalue weighted by molar-refractivity contribution is 5.66. The largest absolute Gasteiger partial charge is 0.395 e. The summed E-state index contributed by atoms with van der Waals surface area (Å²) in [6.45, 7) is 4.69. The predicted octanol–water partition coefficient (Wildman–Crippen LogP) is 4.01. The minimum Gasteiger partial charge on any atom is -0.395 e. The second kappa shape index (κ2) is 6.45. The third-order valence-corrected chi connectivity index (χ3v) is 5.60. The molecule has 0 aromatic heterocycles. The fourth-order valence-electron chi connectivity index (χ4n) is 4.08. The van der Waals surface area contributed by atoms with Crippen molar-refractivity contribution in [3.63, 3.8) is 0 Å². The number of likely N-dealkylation sites (tertiary alicyclic amines) is 1. The molecule has 0 amide bonds. The van der Waals surface area contributed by atoms with Crippen LogP contribution in [0.25, 0.3) is 0 Å². The maximum Gasteiger partial charge on any atom is 0.148 e. The van der Waals surface area contributed by atoms with E-state index in [1.54, 1.807) is 6.07 Å². The van der Waals surface area contributed by atoms with E-state index >= 15 is 0 Å². The maximum atomic E-state index is 13.5. The fraction of sp³-hybridized carbons (Fsp3) is 0.667. The number of rotatable bonds is 3. The number of hydrogen-bond donors (Lipinski definition) is 2. The lowest BCUT2D eigenvalue weighted by atomic mass is 9.80. The Balaban J connectivity index is 1.56. The van der Waals surface area contributed by atoms with Crippen molar-refractivity contribution in [2.45, 2.75) is 63.5 Å². The normalized spacial score (nSPS) is 23.4. The van der Waals surface area contributed by atoms with E-state index < -0.39 is 0 Å². The molecule has 1 heterocycles. The van der Waals surface area contributed by atoms with Crippen LogP contribution in [-0.4, -0.2) is 29.6 Å². The molecule has 22 heavy (non-hydrogen) atoms. The van der Waals surface area contributed by atoms with E-state index in [-0.39, 0.29) is 11.5 Å². The standard InChI is InChI=1S/C18H28FN3/c1-18(10-3-2-4-11-18)22-12-8-14(9-13-22)21-16-7-5-6-15(19)17(16)20/h5-7,14,21H,2-4,8-13,20H2,1H3. The number of benzene rings is 1. The van der Waals surface area contributed by atoms with E-state index in [4.69, 9.17) is 5.73 Å². The Kier molecular flexibility index (Phi) is 4.57. The van der Waals surface area contributed by atoms with Crippen molar-refractivity contribution in [2.75, 3.05) is 24.1 Å². The summed E-state index contributed by atoms with van der Waals surface area (Å²) in [4.78, 5) is 2.68. The first-order chi connectivity index (χ1) is 10.6. The van der Waals surface area contributed by atoms with Gasteiger partial charge in [0, 0.05) is 24.7 Å². The number of para-hydroxylation sites is 1. The Morgan fingerprint density at radius 3 is 2.55 bits per heavy atom. The van der Waals surface area contributed by atoms with Crippen molar-refractivity contribution in [1.82, 2.24) is 4.90 Å². The second-order valence-corrected chi connectivity index (χ2v) is 7.16. The second-order valence-electron chi connectivity index (χ2n) is 7.16. The zero-order valence-electron chi connectivity index (χ0n) is 13.6. The SMILES string of the molecule is CC1(N2CCC(Nc3cccc(F)c3N)CC2)CCCCC1. The van der Waals surface area contributed by atoms with E-state index in [2.05, 4.69) is 17.1 Å². The Labute approximate surface area is 133 Å². The summed E-state index contributed by atoms with van der Waals surface area (Å²) in [6.07, 6.45) is 9.01. The number of anilines is 2. The molecule has 2 fully saturated rings. The van der Waals surface area contributed by atoms with E-state index in [9.17, 15) is 4.39 Å². The van der Waals surface area contributed by atoms with Crippen molar-refractivity contribution in [2.24, 2.45) is 0 Å². The highest BCUT2D eigenvalue weighted by atomic mass is 19.1. The average molecular weight is 305 g/mol. The lowest BCUT2D eigenvalue weighted by Gasteiger charge is -2.47. The molecule has 0 spiro atoms. The molecule has 3 N–H and O–H groups in total. The van der Waals surface area contributed by atoms with Gasteiger partial charge in [-0.3, -0.25) is 4.90 Å². The predicted molar refractivity (Wildman–Crippen MR) is 90.5 cm³/mol. The molecular weight excluding hydrogens is 277 g/mol. The molecule has 0 radical (unpaired) electrons. The van der Waals surface area contributed by atoms with Gasteiger partial charge in [-0.05, 0) is 44.7 Å². The molecule has 1 aliphatic carbocycles. The van der Waals surface area contributed by atoms with Gasteiger partial charge in [0.1, 0.15) is 5.82 Å². The molecule has 0 unspecified atom stereocenters. The molecule has 3 rings (SSSR count). The van der Waals surface area contributed by atoms with Gasteiger partial charge >= 0.3 is 0 Å². The van der Waals surface area contributed by atoms with Crippen LogP contribution in [0.5, 0.6) is 0 Å². The van der Waals surface area contributed by atoms with Gasteiger partial charge in [0.15, 0.2) is 0 Å². The summed E-state index contributed by atoms with van der Waals surface area (Å²) in [5.74, 6) is -0.336. The van der Waals surface area contributed by atoms with Crippen LogP contribution < -0.4 is 11.1 Å². The van der Waals surface area contributed by atoms with E-state index in [1.165, 1.54) is 38.2 Å². The number of nitrogen functional groups attached to an aromatic ring is 1. The zero-order valence-corrected chi connectivity index (χ0v) is 13.6. The number of hydrogen-bond acceptors (Lipinski definition) is 3. The summed E-state index contributed by atoms with van der Waals surface area (Å²) < 4.78 is 13.5. The van der Waals surface area contributed by atoms with Gasteiger partial charge in [-0.15, -0.1) is 0 Å². The molecule has 3 nitrogen and oxygen atoms in total. The Hall–Kier alpha value is -1.29. The first-order valence-corrected chi connectivity index (χ1v) is 8.64.